The maximum absolute atomic E-state index is 12.0. The number of nitrogens with zero attached hydrogens (tertiary/aromatic N) is 3. The number of piperidine rings is 1. The molecule has 5 heteroatoms. The summed E-state index contributed by atoms with van der Waals surface area (Å²) in [5.41, 5.74) is 9.26. The zero-order valence-corrected chi connectivity index (χ0v) is 15.3. The number of amides is 1. The van der Waals surface area contributed by atoms with Crippen molar-refractivity contribution in [2.75, 3.05) is 13.1 Å². The first-order valence-electron chi connectivity index (χ1n) is 9.42. The minimum absolute atomic E-state index is 0.218. The lowest BCUT2D eigenvalue weighted by Gasteiger charge is -2.32. The first kappa shape index (κ1) is 17.5. The van der Waals surface area contributed by atoms with Crippen LogP contribution in [-0.4, -0.2) is 33.7 Å². The van der Waals surface area contributed by atoms with Crippen LogP contribution in [0.15, 0.2) is 66.9 Å². The van der Waals surface area contributed by atoms with E-state index in [0.29, 0.717) is 5.56 Å². The molecule has 0 aliphatic carbocycles. The standard InChI is InChI=1S/C22H24N4O/c23-22(27)20-16-26(19-11-5-2-6-12-19)24-21(20)18-10-7-13-25(15-18)14-17-8-3-1-4-9-17/h1-6,8-9,11-12,16,18H,7,10,13-15H2,(H2,23,27)/t18-/m0/s1. The molecule has 1 fully saturated rings. The maximum Gasteiger partial charge on any atom is 0.252 e. The second kappa shape index (κ2) is 7.76. The lowest BCUT2D eigenvalue weighted by atomic mass is 9.92. The van der Waals surface area contributed by atoms with Crippen molar-refractivity contribution in [3.05, 3.63) is 83.7 Å². The van der Waals surface area contributed by atoms with Gasteiger partial charge in [-0.15, -0.1) is 0 Å². The van der Waals surface area contributed by atoms with Crippen LogP contribution in [0.5, 0.6) is 0 Å². The summed E-state index contributed by atoms with van der Waals surface area (Å²) < 4.78 is 1.77. The summed E-state index contributed by atoms with van der Waals surface area (Å²) in [6, 6.07) is 20.3. The van der Waals surface area contributed by atoms with Gasteiger partial charge in [0.15, 0.2) is 0 Å². The molecule has 1 amide bonds. The third kappa shape index (κ3) is 3.93. The van der Waals surface area contributed by atoms with Gasteiger partial charge >= 0.3 is 0 Å². The SMILES string of the molecule is NC(=O)c1cn(-c2ccccc2)nc1[C@H]1CCCN(Cc2ccccc2)C1. The van der Waals surface area contributed by atoms with Gasteiger partial charge in [-0.2, -0.15) is 5.10 Å². The first-order chi connectivity index (χ1) is 13.2. The molecule has 0 spiro atoms. The normalized spacial score (nSPS) is 17.7. The lowest BCUT2D eigenvalue weighted by Crippen LogP contribution is -2.34. The summed E-state index contributed by atoms with van der Waals surface area (Å²) >= 11 is 0. The molecule has 27 heavy (non-hydrogen) atoms. The molecule has 4 rings (SSSR count). The number of carbonyl (C=O) groups is 1. The molecule has 5 nitrogen and oxygen atoms in total. The molecule has 1 aliphatic rings. The quantitative estimate of drug-likeness (QED) is 0.759. The van der Waals surface area contributed by atoms with Crippen molar-refractivity contribution in [2.45, 2.75) is 25.3 Å². The van der Waals surface area contributed by atoms with E-state index in [4.69, 9.17) is 10.8 Å². The Morgan fingerprint density at radius 2 is 1.78 bits per heavy atom. The molecule has 1 aliphatic heterocycles. The molecule has 1 atom stereocenters. The van der Waals surface area contributed by atoms with Crippen LogP contribution >= 0.6 is 0 Å². The van der Waals surface area contributed by atoms with E-state index in [1.54, 1.807) is 10.9 Å². The summed E-state index contributed by atoms with van der Waals surface area (Å²) in [7, 11) is 0. The van der Waals surface area contributed by atoms with Crippen LogP contribution < -0.4 is 5.73 Å². The van der Waals surface area contributed by atoms with Gasteiger partial charge in [0.1, 0.15) is 0 Å². The van der Waals surface area contributed by atoms with Gasteiger partial charge < -0.3 is 5.73 Å². The number of rotatable bonds is 5. The molecule has 0 radical (unpaired) electrons. The van der Waals surface area contributed by atoms with E-state index >= 15 is 0 Å². The molecule has 1 aromatic heterocycles. The number of para-hydroxylation sites is 1. The predicted octanol–water partition coefficient (Wildman–Crippen LogP) is 3.35. The average molecular weight is 360 g/mol. The number of aromatic nitrogens is 2. The number of carbonyl (C=O) groups excluding carboxylic acids is 1. The summed E-state index contributed by atoms with van der Waals surface area (Å²) in [4.78, 5) is 14.5. The van der Waals surface area contributed by atoms with E-state index in [1.807, 2.05) is 36.4 Å². The van der Waals surface area contributed by atoms with Crippen LogP contribution in [0.1, 0.15) is 40.4 Å². The summed E-state index contributed by atoms with van der Waals surface area (Å²) in [6.45, 7) is 2.88. The van der Waals surface area contributed by atoms with Gasteiger partial charge in [0.05, 0.1) is 16.9 Å². The minimum Gasteiger partial charge on any atom is -0.365 e. The second-order valence-corrected chi connectivity index (χ2v) is 7.13. The fourth-order valence-corrected chi connectivity index (χ4v) is 3.86. The highest BCUT2D eigenvalue weighted by molar-refractivity contribution is 5.94. The fourth-order valence-electron chi connectivity index (χ4n) is 3.86. The third-order valence-corrected chi connectivity index (χ3v) is 5.17. The molecule has 0 unspecified atom stereocenters. The van der Waals surface area contributed by atoms with E-state index in [2.05, 4.69) is 29.2 Å². The molecule has 2 N–H and O–H groups in total. The highest BCUT2D eigenvalue weighted by Gasteiger charge is 2.27. The van der Waals surface area contributed by atoms with Crippen molar-refractivity contribution >= 4 is 5.91 Å². The van der Waals surface area contributed by atoms with Crippen molar-refractivity contribution in [3.8, 4) is 5.69 Å². The molecule has 1 saturated heterocycles. The van der Waals surface area contributed by atoms with Crippen LogP contribution in [0.3, 0.4) is 0 Å². The molecule has 2 aromatic carbocycles. The smallest absolute Gasteiger partial charge is 0.252 e. The molecular weight excluding hydrogens is 336 g/mol. The number of likely N-dealkylation sites (tertiary alicyclic amines) is 1. The van der Waals surface area contributed by atoms with E-state index in [9.17, 15) is 4.79 Å². The number of primary amides is 1. The van der Waals surface area contributed by atoms with Crippen LogP contribution in [0.25, 0.3) is 5.69 Å². The van der Waals surface area contributed by atoms with Gasteiger partial charge in [0.25, 0.3) is 5.91 Å². The van der Waals surface area contributed by atoms with Crippen molar-refractivity contribution in [1.29, 1.82) is 0 Å². The zero-order valence-electron chi connectivity index (χ0n) is 15.3. The van der Waals surface area contributed by atoms with E-state index in [1.165, 1.54) is 5.56 Å². The minimum atomic E-state index is -0.410. The Labute approximate surface area is 159 Å². The number of hydrogen-bond donors (Lipinski definition) is 1. The number of benzene rings is 2. The van der Waals surface area contributed by atoms with Crippen LogP contribution in [0.2, 0.25) is 0 Å². The Morgan fingerprint density at radius 1 is 1.07 bits per heavy atom. The number of hydrogen-bond acceptors (Lipinski definition) is 3. The van der Waals surface area contributed by atoms with E-state index in [0.717, 1.165) is 43.9 Å². The lowest BCUT2D eigenvalue weighted by molar-refractivity contribution is 0.0997. The molecule has 0 bridgehead atoms. The summed E-state index contributed by atoms with van der Waals surface area (Å²) in [5, 5.41) is 4.76. The third-order valence-electron chi connectivity index (χ3n) is 5.17. The highest BCUT2D eigenvalue weighted by atomic mass is 16.1. The molecular formula is C22H24N4O. The first-order valence-corrected chi connectivity index (χ1v) is 9.42. The van der Waals surface area contributed by atoms with Crippen LogP contribution in [0, 0.1) is 0 Å². The van der Waals surface area contributed by atoms with Crippen molar-refractivity contribution in [2.24, 2.45) is 5.73 Å². The average Bonchev–Trinajstić information content (AvgIpc) is 3.16. The van der Waals surface area contributed by atoms with E-state index in [-0.39, 0.29) is 5.92 Å². The van der Waals surface area contributed by atoms with Gasteiger partial charge in [-0.1, -0.05) is 48.5 Å². The number of nitrogens with two attached hydrogens (primary N) is 1. The maximum atomic E-state index is 12.0. The molecule has 3 aromatic rings. The monoisotopic (exact) mass is 360 g/mol. The Bertz CT molecular complexity index is 905. The second-order valence-electron chi connectivity index (χ2n) is 7.13. The summed E-state index contributed by atoms with van der Waals surface area (Å²) in [6.07, 6.45) is 3.88. The predicted molar refractivity (Wildman–Crippen MR) is 106 cm³/mol. The Morgan fingerprint density at radius 3 is 2.48 bits per heavy atom. The highest BCUT2D eigenvalue weighted by Crippen LogP contribution is 2.29. The molecule has 138 valence electrons. The van der Waals surface area contributed by atoms with Gasteiger partial charge in [0.2, 0.25) is 0 Å². The van der Waals surface area contributed by atoms with Gasteiger partial charge in [-0.05, 0) is 37.1 Å². The van der Waals surface area contributed by atoms with Crippen molar-refractivity contribution in [1.82, 2.24) is 14.7 Å². The molecule has 2 heterocycles. The Kier molecular flexibility index (Phi) is 5.03. The topological polar surface area (TPSA) is 64.2 Å². The Hall–Kier alpha value is -2.92. The fraction of sp³-hybridized carbons (Fsp3) is 0.273. The Balaban J connectivity index is 1.58. The summed E-state index contributed by atoms with van der Waals surface area (Å²) in [5.74, 6) is -0.192. The van der Waals surface area contributed by atoms with Gasteiger partial charge in [0, 0.05) is 25.2 Å². The van der Waals surface area contributed by atoms with Gasteiger partial charge in [-0.3, -0.25) is 9.69 Å². The van der Waals surface area contributed by atoms with Crippen LogP contribution in [-0.2, 0) is 6.54 Å². The van der Waals surface area contributed by atoms with Crippen molar-refractivity contribution < 1.29 is 4.79 Å². The van der Waals surface area contributed by atoms with Crippen LogP contribution in [0.4, 0.5) is 0 Å². The van der Waals surface area contributed by atoms with Gasteiger partial charge in [-0.25, -0.2) is 4.68 Å². The molecule has 0 saturated carbocycles. The zero-order chi connectivity index (χ0) is 18.6. The van der Waals surface area contributed by atoms with E-state index < -0.39 is 5.91 Å². The largest absolute Gasteiger partial charge is 0.365 e. The van der Waals surface area contributed by atoms with Crippen molar-refractivity contribution in [3.63, 3.8) is 0 Å².